The number of hydrogen-bond donors (Lipinski definition) is 1. The number of nitrogens with zero attached hydrogens (tertiary/aromatic N) is 2. The Labute approximate surface area is 218 Å². The monoisotopic (exact) mass is 498 g/mol. The number of benzene rings is 3. The Bertz CT molecular complexity index is 1290. The van der Waals surface area contributed by atoms with Gasteiger partial charge in [0.05, 0.1) is 11.6 Å². The van der Waals surface area contributed by atoms with Gasteiger partial charge in [-0.25, -0.2) is 0 Å². The average molecular weight is 499 g/mol. The molecule has 1 aliphatic heterocycles. The van der Waals surface area contributed by atoms with Crippen molar-refractivity contribution in [1.29, 1.82) is 0 Å². The van der Waals surface area contributed by atoms with Crippen molar-refractivity contribution in [3.63, 3.8) is 0 Å². The van der Waals surface area contributed by atoms with Crippen LogP contribution in [0.25, 0.3) is 5.76 Å². The summed E-state index contributed by atoms with van der Waals surface area (Å²) in [7, 11) is 3.94. The van der Waals surface area contributed by atoms with Crippen LogP contribution in [0.4, 0.5) is 0 Å². The molecule has 0 aliphatic carbocycles. The van der Waals surface area contributed by atoms with Crippen LogP contribution in [0.1, 0.15) is 40.3 Å². The molecule has 6 heteroatoms. The normalized spacial score (nSPS) is 17.0. The van der Waals surface area contributed by atoms with Gasteiger partial charge >= 0.3 is 0 Å². The quantitative estimate of drug-likeness (QED) is 0.248. The molecular weight excluding hydrogens is 464 g/mol. The van der Waals surface area contributed by atoms with E-state index in [9.17, 15) is 14.7 Å². The lowest BCUT2D eigenvalue weighted by molar-refractivity contribution is -0.139. The van der Waals surface area contributed by atoms with Gasteiger partial charge in [0.1, 0.15) is 18.1 Å². The number of aliphatic hydroxyl groups excluding tert-OH is 1. The number of likely N-dealkylation sites (tertiary alicyclic amines) is 1. The smallest absolute Gasteiger partial charge is 0.295 e. The van der Waals surface area contributed by atoms with E-state index in [2.05, 4.69) is 6.07 Å². The molecule has 0 saturated carbocycles. The van der Waals surface area contributed by atoms with Gasteiger partial charge in [0.2, 0.25) is 0 Å². The SMILES string of the molecule is Cc1ccc([C@@H]2/C(=C(\O)c3ccc(OCc4cccc(C)c4)cc3)C(=O)C(=O)N2CCCN(C)C)cc1. The van der Waals surface area contributed by atoms with Gasteiger partial charge in [0.15, 0.2) is 0 Å². The van der Waals surface area contributed by atoms with E-state index in [1.165, 1.54) is 5.56 Å². The molecule has 1 atom stereocenters. The third-order valence-corrected chi connectivity index (χ3v) is 6.55. The van der Waals surface area contributed by atoms with Gasteiger partial charge in [-0.2, -0.15) is 0 Å². The lowest BCUT2D eigenvalue weighted by atomic mass is 9.94. The molecule has 4 rings (SSSR count). The zero-order valence-corrected chi connectivity index (χ0v) is 21.9. The molecule has 37 heavy (non-hydrogen) atoms. The molecule has 1 saturated heterocycles. The highest BCUT2D eigenvalue weighted by atomic mass is 16.5. The molecule has 6 nitrogen and oxygen atoms in total. The van der Waals surface area contributed by atoms with Gasteiger partial charge < -0.3 is 19.6 Å². The molecular formula is C31H34N2O4. The van der Waals surface area contributed by atoms with Gasteiger partial charge in [0.25, 0.3) is 11.7 Å². The highest BCUT2D eigenvalue weighted by Crippen LogP contribution is 2.39. The lowest BCUT2D eigenvalue weighted by Crippen LogP contribution is -2.32. The number of hydrogen-bond acceptors (Lipinski definition) is 5. The summed E-state index contributed by atoms with van der Waals surface area (Å²) in [5.74, 6) is -0.766. The summed E-state index contributed by atoms with van der Waals surface area (Å²) in [5, 5.41) is 11.3. The topological polar surface area (TPSA) is 70.1 Å². The van der Waals surface area contributed by atoms with Crippen LogP contribution in [0.2, 0.25) is 0 Å². The Hall–Kier alpha value is -3.90. The van der Waals surface area contributed by atoms with Crippen molar-refractivity contribution < 1.29 is 19.4 Å². The summed E-state index contributed by atoms with van der Waals surface area (Å²) in [4.78, 5) is 29.9. The van der Waals surface area contributed by atoms with Gasteiger partial charge in [-0.05, 0) is 76.3 Å². The highest BCUT2D eigenvalue weighted by molar-refractivity contribution is 6.46. The third-order valence-electron chi connectivity index (χ3n) is 6.55. The lowest BCUT2D eigenvalue weighted by Gasteiger charge is -2.26. The molecule has 3 aromatic carbocycles. The minimum absolute atomic E-state index is 0.118. The Kier molecular flexibility index (Phi) is 8.09. The molecule has 0 bridgehead atoms. The summed E-state index contributed by atoms with van der Waals surface area (Å²) in [6.07, 6.45) is 0.718. The van der Waals surface area contributed by atoms with Crippen molar-refractivity contribution >= 4 is 17.4 Å². The van der Waals surface area contributed by atoms with Crippen LogP contribution in [-0.4, -0.2) is 53.8 Å². The summed E-state index contributed by atoms with van der Waals surface area (Å²) in [5.41, 5.74) is 4.70. The second-order valence-corrected chi connectivity index (χ2v) is 9.86. The number of aryl methyl sites for hydroxylation is 2. The second kappa shape index (κ2) is 11.4. The first kappa shape index (κ1) is 26.2. The molecule has 1 aliphatic rings. The number of amides is 1. The zero-order chi connectivity index (χ0) is 26.5. The van der Waals surface area contributed by atoms with Crippen LogP contribution in [-0.2, 0) is 16.2 Å². The summed E-state index contributed by atoms with van der Waals surface area (Å²) >= 11 is 0. The Morgan fingerprint density at radius 1 is 0.946 bits per heavy atom. The number of Topliss-reactive ketones (excluding diaryl/α,β-unsaturated/α-hetero) is 1. The third kappa shape index (κ3) is 6.09. The molecule has 1 amide bonds. The predicted molar refractivity (Wildman–Crippen MR) is 145 cm³/mol. The average Bonchev–Trinajstić information content (AvgIpc) is 3.13. The minimum Gasteiger partial charge on any atom is -0.507 e. The Balaban J connectivity index is 1.62. The first-order valence-electron chi connectivity index (χ1n) is 12.5. The van der Waals surface area contributed by atoms with E-state index >= 15 is 0 Å². The van der Waals surface area contributed by atoms with E-state index in [4.69, 9.17) is 4.74 Å². The number of aliphatic hydroxyl groups is 1. The van der Waals surface area contributed by atoms with Crippen LogP contribution < -0.4 is 4.74 Å². The Morgan fingerprint density at radius 3 is 2.30 bits per heavy atom. The van der Waals surface area contributed by atoms with E-state index in [0.717, 1.165) is 29.7 Å². The summed E-state index contributed by atoms with van der Waals surface area (Å²) < 4.78 is 5.90. The van der Waals surface area contributed by atoms with E-state index in [-0.39, 0.29) is 11.3 Å². The molecule has 3 aromatic rings. The maximum Gasteiger partial charge on any atom is 0.295 e. The van der Waals surface area contributed by atoms with Crippen molar-refractivity contribution in [2.75, 3.05) is 27.2 Å². The number of ether oxygens (including phenoxy) is 1. The van der Waals surface area contributed by atoms with Crippen LogP contribution in [0.3, 0.4) is 0 Å². The van der Waals surface area contributed by atoms with Gasteiger partial charge in [-0.3, -0.25) is 9.59 Å². The van der Waals surface area contributed by atoms with E-state index in [1.807, 2.05) is 75.3 Å². The highest BCUT2D eigenvalue weighted by Gasteiger charge is 2.45. The fraction of sp³-hybridized carbons (Fsp3) is 0.290. The summed E-state index contributed by atoms with van der Waals surface area (Å²) in [6, 6.07) is 22.2. The van der Waals surface area contributed by atoms with E-state index in [1.54, 1.807) is 29.2 Å². The van der Waals surface area contributed by atoms with Gasteiger partial charge in [0, 0.05) is 12.1 Å². The molecule has 0 unspecified atom stereocenters. The molecule has 1 N–H and O–H groups in total. The number of carbonyl (C=O) groups excluding carboxylic acids is 2. The van der Waals surface area contributed by atoms with Crippen molar-refractivity contribution in [3.8, 4) is 5.75 Å². The fourth-order valence-corrected chi connectivity index (χ4v) is 4.60. The second-order valence-electron chi connectivity index (χ2n) is 9.86. The summed E-state index contributed by atoms with van der Waals surface area (Å²) in [6.45, 7) is 5.66. The van der Waals surface area contributed by atoms with Crippen molar-refractivity contribution in [2.24, 2.45) is 0 Å². The molecule has 0 radical (unpaired) electrons. The predicted octanol–water partition coefficient (Wildman–Crippen LogP) is 5.26. The molecule has 0 aromatic heterocycles. The molecule has 1 heterocycles. The van der Waals surface area contributed by atoms with Crippen LogP contribution in [0, 0.1) is 13.8 Å². The van der Waals surface area contributed by atoms with Crippen molar-refractivity contribution in [3.05, 3.63) is 106 Å². The first-order chi connectivity index (χ1) is 17.7. The van der Waals surface area contributed by atoms with Gasteiger partial charge in [-0.1, -0.05) is 59.7 Å². The number of rotatable bonds is 9. The molecule has 192 valence electrons. The van der Waals surface area contributed by atoms with E-state index < -0.39 is 17.7 Å². The standard InChI is InChI=1S/C31H34N2O4/c1-21-9-11-24(12-10-21)28-27(30(35)31(36)33(28)18-6-17-32(3)4)29(34)25-13-15-26(16-14-25)37-20-23-8-5-7-22(2)19-23/h5,7-16,19,28,34H,6,17-18,20H2,1-4H3/b29-27+/t28-/m1/s1. The van der Waals surface area contributed by atoms with Gasteiger partial charge in [-0.15, -0.1) is 0 Å². The van der Waals surface area contributed by atoms with Crippen molar-refractivity contribution in [2.45, 2.75) is 32.9 Å². The first-order valence-corrected chi connectivity index (χ1v) is 12.5. The van der Waals surface area contributed by atoms with Crippen LogP contribution in [0.15, 0.2) is 78.4 Å². The fourth-order valence-electron chi connectivity index (χ4n) is 4.60. The molecule has 0 spiro atoms. The number of ketones is 1. The number of carbonyl (C=O) groups is 2. The van der Waals surface area contributed by atoms with E-state index in [0.29, 0.717) is 24.5 Å². The van der Waals surface area contributed by atoms with Crippen LogP contribution >= 0.6 is 0 Å². The Morgan fingerprint density at radius 2 is 1.65 bits per heavy atom. The van der Waals surface area contributed by atoms with Crippen molar-refractivity contribution in [1.82, 2.24) is 9.80 Å². The molecule has 1 fully saturated rings. The largest absolute Gasteiger partial charge is 0.507 e. The zero-order valence-electron chi connectivity index (χ0n) is 21.9. The maximum atomic E-state index is 13.2. The minimum atomic E-state index is -0.660. The van der Waals surface area contributed by atoms with Crippen LogP contribution in [0.5, 0.6) is 5.75 Å². The maximum absolute atomic E-state index is 13.2.